The molecule has 1 N–H and O–H groups in total. The van der Waals surface area contributed by atoms with E-state index in [0.29, 0.717) is 37.2 Å². The number of Topliss-reactive ketones (excluding diaryl/α,β-unsaturated/α-hetero) is 1. The van der Waals surface area contributed by atoms with Crippen molar-refractivity contribution in [3.63, 3.8) is 0 Å². The van der Waals surface area contributed by atoms with Crippen molar-refractivity contribution in [1.29, 1.82) is 5.26 Å². The fourth-order valence-electron chi connectivity index (χ4n) is 3.07. The van der Waals surface area contributed by atoms with Gasteiger partial charge in [-0.05, 0) is 25.0 Å². The smallest absolute Gasteiger partial charge is 0.321 e. The third-order valence-electron chi connectivity index (χ3n) is 4.50. The first-order chi connectivity index (χ1) is 12.2. The molecule has 1 aliphatic heterocycles. The fourth-order valence-corrected chi connectivity index (χ4v) is 3.07. The summed E-state index contributed by atoms with van der Waals surface area (Å²) < 4.78 is 0. The predicted octanol–water partition coefficient (Wildman–Crippen LogP) is 3.69. The highest BCUT2D eigenvalue weighted by Gasteiger charge is 2.28. The number of nitrogens with zero attached hydrogens (tertiary/aromatic N) is 2. The highest BCUT2D eigenvalue weighted by atomic mass is 16.2. The van der Waals surface area contributed by atoms with Gasteiger partial charge < -0.3 is 10.2 Å². The molecule has 5 heteroatoms. The topological polar surface area (TPSA) is 73.2 Å². The van der Waals surface area contributed by atoms with Gasteiger partial charge >= 0.3 is 6.03 Å². The molecule has 25 heavy (non-hydrogen) atoms. The Morgan fingerprint density at radius 1 is 1.00 bits per heavy atom. The van der Waals surface area contributed by atoms with Crippen LogP contribution in [-0.4, -0.2) is 29.8 Å². The minimum Gasteiger partial charge on any atom is -0.324 e. The van der Waals surface area contributed by atoms with Gasteiger partial charge in [-0.2, -0.15) is 5.26 Å². The number of carbonyl (C=O) groups is 2. The number of amides is 2. The molecule has 0 spiro atoms. The standard InChI is InChI=1S/C20H19N3O2/c21-14-17-8-4-5-9-18(17)22-20(25)23-12-10-16(11-13-23)19(24)15-6-2-1-3-7-15/h1-9,16H,10-13H2,(H,22,25). The first-order valence-corrected chi connectivity index (χ1v) is 8.33. The highest BCUT2D eigenvalue weighted by Crippen LogP contribution is 2.23. The van der Waals surface area contributed by atoms with Crippen molar-refractivity contribution in [3.05, 3.63) is 65.7 Å². The van der Waals surface area contributed by atoms with Crippen molar-refractivity contribution in [3.8, 4) is 6.07 Å². The monoisotopic (exact) mass is 333 g/mol. The van der Waals surface area contributed by atoms with E-state index in [1.807, 2.05) is 30.3 Å². The molecule has 1 fully saturated rings. The quantitative estimate of drug-likeness (QED) is 0.871. The Morgan fingerprint density at radius 3 is 2.32 bits per heavy atom. The molecule has 1 aliphatic rings. The summed E-state index contributed by atoms with van der Waals surface area (Å²) in [5, 5.41) is 11.9. The van der Waals surface area contributed by atoms with Crippen LogP contribution < -0.4 is 5.32 Å². The molecule has 0 aromatic heterocycles. The maximum Gasteiger partial charge on any atom is 0.321 e. The predicted molar refractivity (Wildman–Crippen MR) is 95.2 cm³/mol. The molecule has 2 aromatic carbocycles. The first-order valence-electron chi connectivity index (χ1n) is 8.33. The van der Waals surface area contributed by atoms with Gasteiger partial charge in [-0.3, -0.25) is 4.79 Å². The lowest BCUT2D eigenvalue weighted by molar-refractivity contribution is 0.0859. The van der Waals surface area contributed by atoms with E-state index in [0.717, 1.165) is 5.56 Å². The number of anilines is 1. The van der Waals surface area contributed by atoms with Gasteiger partial charge in [0.25, 0.3) is 0 Å². The number of urea groups is 1. The first kappa shape index (κ1) is 16.7. The lowest BCUT2D eigenvalue weighted by Crippen LogP contribution is -2.42. The summed E-state index contributed by atoms with van der Waals surface area (Å²) in [6.07, 6.45) is 1.31. The van der Waals surface area contributed by atoms with Gasteiger partial charge in [0.2, 0.25) is 0 Å². The van der Waals surface area contributed by atoms with Gasteiger partial charge in [-0.15, -0.1) is 0 Å². The maximum absolute atomic E-state index is 12.5. The van der Waals surface area contributed by atoms with E-state index in [2.05, 4.69) is 11.4 Å². The number of nitrogens with one attached hydrogen (secondary N) is 1. The largest absolute Gasteiger partial charge is 0.324 e. The minimum absolute atomic E-state index is 0.0437. The molecular weight excluding hydrogens is 314 g/mol. The summed E-state index contributed by atoms with van der Waals surface area (Å²) in [4.78, 5) is 26.6. The molecule has 0 atom stereocenters. The summed E-state index contributed by atoms with van der Waals surface area (Å²) in [7, 11) is 0. The molecule has 5 nitrogen and oxygen atoms in total. The second kappa shape index (κ2) is 7.63. The molecule has 2 aromatic rings. The number of nitriles is 1. The van der Waals surface area contributed by atoms with Gasteiger partial charge in [0.05, 0.1) is 11.3 Å². The summed E-state index contributed by atoms with van der Waals surface area (Å²) in [5.41, 5.74) is 1.68. The number of carbonyl (C=O) groups excluding carboxylic acids is 2. The average molecular weight is 333 g/mol. The molecule has 126 valence electrons. The van der Waals surface area contributed by atoms with Crippen LogP contribution >= 0.6 is 0 Å². The third-order valence-corrected chi connectivity index (χ3v) is 4.50. The maximum atomic E-state index is 12.5. The van der Waals surface area contributed by atoms with E-state index < -0.39 is 0 Å². The number of benzene rings is 2. The van der Waals surface area contributed by atoms with Gasteiger partial charge in [-0.25, -0.2) is 4.79 Å². The van der Waals surface area contributed by atoms with E-state index in [-0.39, 0.29) is 17.7 Å². The van der Waals surface area contributed by atoms with Gasteiger partial charge in [-0.1, -0.05) is 42.5 Å². The van der Waals surface area contributed by atoms with Gasteiger partial charge in [0, 0.05) is 24.6 Å². The van der Waals surface area contributed by atoms with E-state index >= 15 is 0 Å². The van der Waals surface area contributed by atoms with Crippen LogP contribution in [0.1, 0.15) is 28.8 Å². The lowest BCUT2D eigenvalue weighted by Gasteiger charge is -2.31. The van der Waals surface area contributed by atoms with E-state index in [1.54, 1.807) is 29.2 Å². The summed E-state index contributed by atoms with van der Waals surface area (Å²) in [6, 6.07) is 18.0. The Kier molecular flexibility index (Phi) is 5.10. The molecule has 0 saturated carbocycles. The number of hydrogen-bond donors (Lipinski definition) is 1. The zero-order valence-electron chi connectivity index (χ0n) is 13.8. The molecular formula is C20H19N3O2. The zero-order valence-corrected chi connectivity index (χ0v) is 13.8. The van der Waals surface area contributed by atoms with Crippen LogP contribution in [0, 0.1) is 17.2 Å². The molecule has 0 aliphatic carbocycles. The van der Waals surface area contributed by atoms with Crippen LogP contribution in [0.3, 0.4) is 0 Å². The number of rotatable bonds is 3. The van der Waals surface area contributed by atoms with Crippen LogP contribution in [0.5, 0.6) is 0 Å². The Labute approximate surface area is 146 Å². The Balaban J connectivity index is 1.58. The molecule has 0 bridgehead atoms. The summed E-state index contributed by atoms with van der Waals surface area (Å²) >= 11 is 0. The third kappa shape index (κ3) is 3.86. The number of piperidine rings is 1. The molecule has 0 unspecified atom stereocenters. The van der Waals surface area contributed by atoms with Gasteiger partial charge in [0.1, 0.15) is 6.07 Å². The summed E-state index contributed by atoms with van der Waals surface area (Å²) in [6.45, 7) is 1.06. The van der Waals surface area contributed by atoms with E-state index in [1.165, 1.54) is 0 Å². The zero-order chi connectivity index (χ0) is 17.6. The van der Waals surface area contributed by atoms with Crippen molar-refractivity contribution in [2.75, 3.05) is 18.4 Å². The van der Waals surface area contributed by atoms with Crippen LogP contribution in [0.2, 0.25) is 0 Å². The SMILES string of the molecule is N#Cc1ccccc1NC(=O)N1CCC(C(=O)c2ccccc2)CC1. The second-order valence-corrected chi connectivity index (χ2v) is 6.08. The molecule has 2 amide bonds. The van der Waals surface area contributed by atoms with E-state index in [4.69, 9.17) is 5.26 Å². The van der Waals surface area contributed by atoms with Crippen LogP contribution in [0.15, 0.2) is 54.6 Å². The summed E-state index contributed by atoms with van der Waals surface area (Å²) in [5.74, 6) is 0.105. The molecule has 1 heterocycles. The van der Waals surface area contributed by atoms with Crippen LogP contribution in [0.4, 0.5) is 10.5 Å². The van der Waals surface area contributed by atoms with E-state index in [9.17, 15) is 9.59 Å². The minimum atomic E-state index is -0.228. The second-order valence-electron chi connectivity index (χ2n) is 6.08. The van der Waals surface area contributed by atoms with Gasteiger partial charge in [0.15, 0.2) is 5.78 Å². The fraction of sp³-hybridized carbons (Fsp3) is 0.250. The Hall–Kier alpha value is -3.13. The molecule has 3 rings (SSSR count). The van der Waals surface area contributed by atoms with Crippen molar-refractivity contribution in [1.82, 2.24) is 4.90 Å². The number of likely N-dealkylation sites (tertiary alicyclic amines) is 1. The molecule has 1 saturated heterocycles. The van der Waals surface area contributed by atoms with Crippen molar-refractivity contribution < 1.29 is 9.59 Å². The number of ketones is 1. The van der Waals surface area contributed by atoms with Crippen molar-refractivity contribution >= 4 is 17.5 Å². The van der Waals surface area contributed by atoms with Crippen molar-refractivity contribution in [2.45, 2.75) is 12.8 Å². The lowest BCUT2D eigenvalue weighted by atomic mass is 9.89. The number of para-hydroxylation sites is 1. The molecule has 0 radical (unpaired) electrons. The number of hydrogen-bond acceptors (Lipinski definition) is 3. The average Bonchev–Trinajstić information content (AvgIpc) is 2.68. The normalized spacial score (nSPS) is 14.6. The van der Waals surface area contributed by atoms with Crippen molar-refractivity contribution in [2.24, 2.45) is 5.92 Å². The van der Waals surface area contributed by atoms with Crippen LogP contribution in [0.25, 0.3) is 0 Å². The highest BCUT2D eigenvalue weighted by molar-refractivity contribution is 5.98. The van der Waals surface area contributed by atoms with Crippen LogP contribution in [-0.2, 0) is 0 Å². The Morgan fingerprint density at radius 2 is 1.64 bits per heavy atom. The Bertz CT molecular complexity index is 803.